The molecule has 1 heterocycles. The summed E-state index contributed by atoms with van der Waals surface area (Å²) in [6.45, 7) is 7.27. The van der Waals surface area contributed by atoms with Gasteiger partial charge in [-0.05, 0) is 39.0 Å². The van der Waals surface area contributed by atoms with Gasteiger partial charge in [-0.25, -0.2) is 4.79 Å². The number of fused-ring (bicyclic) bond motifs is 1. The number of nitrogens with one attached hydrogen (secondary N) is 1. The highest BCUT2D eigenvalue weighted by atomic mass is 16.6. The molecule has 23 heavy (non-hydrogen) atoms. The van der Waals surface area contributed by atoms with E-state index in [1.807, 2.05) is 39.0 Å². The number of carbonyl (C=O) groups is 1. The van der Waals surface area contributed by atoms with Gasteiger partial charge >= 0.3 is 6.09 Å². The first kappa shape index (κ1) is 17.0. The van der Waals surface area contributed by atoms with Gasteiger partial charge < -0.3 is 19.5 Å². The minimum atomic E-state index is -0.486. The van der Waals surface area contributed by atoms with Crippen LogP contribution in [0.4, 0.5) is 4.79 Å². The smallest absolute Gasteiger partial charge is 0.407 e. The third-order valence-corrected chi connectivity index (χ3v) is 2.90. The molecule has 0 saturated carbocycles. The molecule has 0 bridgehead atoms. The Hall–Kier alpha value is -2.35. The second kappa shape index (κ2) is 7.77. The predicted molar refractivity (Wildman–Crippen MR) is 87.8 cm³/mol. The highest BCUT2D eigenvalue weighted by molar-refractivity contribution is 5.67. The zero-order chi connectivity index (χ0) is 16.7. The molecule has 0 aromatic heterocycles. The summed E-state index contributed by atoms with van der Waals surface area (Å²) in [5.41, 5.74) is 0.381. The van der Waals surface area contributed by atoms with Gasteiger partial charge in [0.05, 0.1) is 13.2 Å². The second-order valence-corrected chi connectivity index (χ2v) is 6.19. The van der Waals surface area contributed by atoms with Gasteiger partial charge in [-0.1, -0.05) is 11.8 Å². The Kier molecular flexibility index (Phi) is 5.75. The standard InChI is InChI=1S/C18H23NO4/c1-18(2,3)23-17(20)19-10-5-4-7-14-8-9-15-16(13-14)22-12-6-11-21-15/h8-9,13H,5-6,10-12H2,1-3H3,(H,19,20). The fraction of sp³-hybridized carbons (Fsp3) is 0.500. The van der Waals surface area contributed by atoms with E-state index in [0.717, 1.165) is 23.5 Å². The largest absolute Gasteiger partial charge is 0.490 e. The summed E-state index contributed by atoms with van der Waals surface area (Å²) in [5.74, 6) is 7.59. The van der Waals surface area contributed by atoms with Crippen LogP contribution in [0.15, 0.2) is 18.2 Å². The summed E-state index contributed by atoms with van der Waals surface area (Å²) in [7, 11) is 0. The first-order valence-corrected chi connectivity index (χ1v) is 7.79. The lowest BCUT2D eigenvalue weighted by Gasteiger charge is -2.19. The second-order valence-electron chi connectivity index (χ2n) is 6.19. The zero-order valence-corrected chi connectivity index (χ0v) is 13.9. The van der Waals surface area contributed by atoms with Crippen LogP contribution in [0.5, 0.6) is 11.5 Å². The number of ether oxygens (including phenoxy) is 3. The summed E-state index contributed by atoms with van der Waals surface area (Å²) in [6, 6.07) is 5.67. The lowest BCUT2D eigenvalue weighted by Crippen LogP contribution is -2.32. The summed E-state index contributed by atoms with van der Waals surface area (Å²) in [5, 5.41) is 2.68. The summed E-state index contributed by atoms with van der Waals surface area (Å²) in [6.07, 6.45) is 1.01. The van der Waals surface area contributed by atoms with E-state index < -0.39 is 11.7 Å². The van der Waals surface area contributed by atoms with Gasteiger partial charge in [0.15, 0.2) is 11.5 Å². The molecular weight excluding hydrogens is 294 g/mol. The number of rotatable bonds is 2. The molecular formula is C18H23NO4. The van der Waals surface area contributed by atoms with Crippen LogP contribution in [0.1, 0.15) is 39.2 Å². The molecule has 2 rings (SSSR count). The molecule has 1 aromatic carbocycles. The van der Waals surface area contributed by atoms with Crippen molar-refractivity contribution in [3.63, 3.8) is 0 Å². The Morgan fingerprint density at radius 3 is 2.74 bits per heavy atom. The molecule has 1 amide bonds. The normalized spacial score (nSPS) is 13.3. The van der Waals surface area contributed by atoms with Crippen molar-refractivity contribution in [1.29, 1.82) is 0 Å². The highest BCUT2D eigenvalue weighted by Gasteiger charge is 2.15. The topological polar surface area (TPSA) is 56.8 Å². The molecule has 5 nitrogen and oxygen atoms in total. The average molecular weight is 317 g/mol. The summed E-state index contributed by atoms with van der Waals surface area (Å²) < 4.78 is 16.4. The Bertz CT molecular complexity index is 608. The Balaban J connectivity index is 1.81. The van der Waals surface area contributed by atoms with Crippen molar-refractivity contribution in [3.05, 3.63) is 23.8 Å². The van der Waals surface area contributed by atoms with Gasteiger partial charge in [0, 0.05) is 24.9 Å². The lowest BCUT2D eigenvalue weighted by molar-refractivity contribution is 0.0529. The van der Waals surface area contributed by atoms with E-state index in [-0.39, 0.29) is 0 Å². The predicted octanol–water partition coefficient (Wildman–Crippen LogP) is 3.11. The molecule has 0 atom stereocenters. The van der Waals surface area contributed by atoms with Crippen molar-refractivity contribution in [1.82, 2.24) is 5.32 Å². The van der Waals surface area contributed by atoms with Crippen LogP contribution in [-0.4, -0.2) is 31.5 Å². The minimum absolute atomic E-state index is 0.421. The van der Waals surface area contributed by atoms with E-state index in [2.05, 4.69) is 17.2 Å². The Morgan fingerprint density at radius 1 is 1.26 bits per heavy atom. The molecule has 0 spiro atoms. The van der Waals surface area contributed by atoms with Gasteiger partial charge in [-0.15, -0.1) is 0 Å². The van der Waals surface area contributed by atoms with Crippen LogP contribution < -0.4 is 14.8 Å². The van der Waals surface area contributed by atoms with Crippen molar-refractivity contribution in [3.8, 4) is 23.3 Å². The number of alkyl carbamates (subject to hydrolysis) is 1. The molecule has 0 saturated heterocycles. The number of benzene rings is 1. The van der Waals surface area contributed by atoms with Crippen LogP contribution in [-0.2, 0) is 4.74 Å². The molecule has 0 aliphatic carbocycles. The van der Waals surface area contributed by atoms with E-state index in [1.54, 1.807) is 0 Å². The number of amides is 1. The molecule has 5 heteroatoms. The lowest BCUT2D eigenvalue weighted by atomic mass is 10.2. The first-order valence-electron chi connectivity index (χ1n) is 7.79. The quantitative estimate of drug-likeness (QED) is 0.672. The average Bonchev–Trinajstić information content (AvgIpc) is 2.69. The van der Waals surface area contributed by atoms with E-state index in [4.69, 9.17) is 14.2 Å². The maximum absolute atomic E-state index is 11.5. The maximum atomic E-state index is 11.5. The molecule has 0 unspecified atom stereocenters. The van der Waals surface area contributed by atoms with Gasteiger partial charge in [0.2, 0.25) is 0 Å². The molecule has 1 aliphatic rings. The zero-order valence-electron chi connectivity index (χ0n) is 13.9. The van der Waals surface area contributed by atoms with Crippen molar-refractivity contribution in [2.75, 3.05) is 19.8 Å². The number of hydrogen-bond acceptors (Lipinski definition) is 4. The summed E-state index contributed by atoms with van der Waals surface area (Å²) >= 11 is 0. The summed E-state index contributed by atoms with van der Waals surface area (Å²) in [4.78, 5) is 11.5. The molecule has 1 aromatic rings. The van der Waals surface area contributed by atoms with Crippen LogP contribution in [0.25, 0.3) is 0 Å². The van der Waals surface area contributed by atoms with Crippen LogP contribution >= 0.6 is 0 Å². The SMILES string of the molecule is CC(C)(C)OC(=O)NCCC#Cc1ccc2c(c1)OCCCO2. The molecule has 1 N–H and O–H groups in total. The fourth-order valence-corrected chi connectivity index (χ4v) is 1.95. The maximum Gasteiger partial charge on any atom is 0.407 e. The Morgan fingerprint density at radius 2 is 2.00 bits per heavy atom. The highest BCUT2D eigenvalue weighted by Crippen LogP contribution is 2.30. The van der Waals surface area contributed by atoms with E-state index in [1.165, 1.54) is 0 Å². The van der Waals surface area contributed by atoms with E-state index in [0.29, 0.717) is 26.2 Å². The van der Waals surface area contributed by atoms with Gasteiger partial charge in [0.1, 0.15) is 5.60 Å². The number of hydrogen-bond donors (Lipinski definition) is 1. The first-order chi connectivity index (χ1) is 10.9. The number of carbonyl (C=O) groups excluding carboxylic acids is 1. The van der Waals surface area contributed by atoms with Crippen molar-refractivity contribution < 1.29 is 19.0 Å². The van der Waals surface area contributed by atoms with E-state index >= 15 is 0 Å². The molecule has 0 fully saturated rings. The van der Waals surface area contributed by atoms with Crippen molar-refractivity contribution in [2.24, 2.45) is 0 Å². The van der Waals surface area contributed by atoms with Crippen molar-refractivity contribution in [2.45, 2.75) is 39.2 Å². The van der Waals surface area contributed by atoms with Crippen molar-refractivity contribution >= 4 is 6.09 Å². The third kappa shape index (κ3) is 6.11. The van der Waals surface area contributed by atoms with E-state index in [9.17, 15) is 4.79 Å². The van der Waals surface area contributed by atoms with Gasteiger partial charge in [-0.3, -0.25) is 0 Å². The van der Waals surface area contributed by atoms with Gasteiger partial charge in [-0.2, -0.15) is 0 Å². The van der Waals surface area contributed by atoms with Crippen LogP contribution in [0.3, 0.4) is 0 Å². The van der Waals surface area contributed by atoms with Crippen LogP contribution in [0, 0.1) is 11.8 Å². The molecule has 0 radical (unpaired) electrons. The van der Waals surface area contributed by atoms with Gasteiger partial charge in [0.25, 0.3) is 0 Å². The third-order valence-electron chi connectivity index (χ3n) is 2.90. The molecule has 1 aliphatic heterocycles. The fourth-order valence-electron chi connectivity index (χ4n) is 1.95. The Labute approximate surface area is 137 Å². The minimum Gasteiger partial charge on any atom is -0.490 e. The van der Waals surface area contributed by atoms with Crippen LogP contribution in [0.2, 0.25) is 0 Å². The monoisotopic (exact) mass is 317 g/mol. The molecule has 124 valence electrons.